The molecule has 0 saturated carbocycles. The number of unbranched alkanes of at least 4 members (excludes halogenated alkanes) is 8. The monoisotopic (exact) mass is 342 g/mol. The highest BCUT2D eigenvalue weighted by molar-refractivity contribution is 5.82. The van der Waals surface area contributed by atoms with Gasteiger partial charge in [-0.25, -0.2) is 0 Å². The second-order valence-corrected chi connectivity index (χ2v) is 6.91. The van der Waals surface area contributed by atoms with E-state index in [1.165, 1.54) is 25.7 Å². The molecule has 0 amide bonds. The predicted molar refractivity (Wildman–Crippen MR) is 98.1 cm³/mol. The van der Waals surface area contributed by atoms with E-state index in [-0.39, 0.29) is 12.4 Å². The quantitative estimate of drug-likeness (QED) is 0.287. The average Bonchev–Trinajstić information content (AvgIpc) is 2.56. The number of carboxylic acids is 1. The zero-order valence-electron chi connectivity index (χ0n) is 16.1. The maximum atomic E-state index is 12.1. The van der Waals surface area contributed by atoms with E-state index in [0.717, 1.165) is 38.5 Å². The molecule has 0 spiro atoms. The Morgan fingerprint density at radius 3 is 1.92 bits per heavy atom. The lowest BCUT2D eigenvalue weighted by Gasteiger charge is -2.27. The first-order chi connectivity index (χ1) is 11.5. The fourth-order valence-corrected chi connectivity index (χ4v) is 3.01. The van der Waals surface area contributed by atoms with Crippen LogP contribution in [0.15, 0.2) is 0 Å². The highest BCUT2D eigenvalue weighted by Gasteiger charge is 2.38. The summed E-state index contributed by atoms with van der Waals surface area (Å²) in [6.07, 6.45) is 12.0. The van der Waals surface area contributed by atoms with Gasteiger partial charge in [-0.15, -0.1) is 0 Å². The first-order valence-electron chi connectivity index (χ1n) is 9.91. The maximum Gasteiger partial charge on any atom is 0.310 e. The minimum Gasteiger partial charge on any atom is -0.481 e. The summed E-state index contributed by atoms with van der Waals surface area (Å²) in [7, 11) is 0. The maximum absolute atomic E-state index is 12.1. The molecule has 24 heavy (non-hydrogen) atoms. The van der Waals surface area contributed by atoms with Crippen LogP contribution in [0, 0.1) is 5.41 Å². The number of aliphatic carboxylic acids is 1. The van der Waals surface area contributed by atoms with E-state index in [1.807, 2.05) is 6.92 Å². The Morgan fingerprint density at radius 2 is 1.38 bits per heavy atom. The Bertz CT molecular complexity index is 341. The minimum absolute atomic E-state index is 0.000787. The van der Waals surface area contributed by atoms with Crippen molar-refractivity contribution in [3.8, 4) is 0 Å². The molecule has 4 nitrogen and oxygen atoms in total. The molecule has 0 aromatic carbocycles. The van der Waals surface area contributed by atoms with Gasteiger partial charge in [-0.1, -0.05) is 78.6 Å². The molecule has 1 atom stereocenters. The van der Waals surface area contributed by atoms with Crippen LogP contribution in [0.25, 0.3) is 0 Å². The summed E-state index contributed by atoms with van der Waals surface area (Å²) in [4.78, 5) is 23.8. The van der Waals surface area contributed by atoms with Gasteiger partial charge in [0, 0.05) is 0 Å². The summed E-state index contributed by atoms with van der Waals surface area (Å²) in [6, 6.07) is 0. The number of ether oxygens (including phenoxy) is 1. The van der Waals surface area contributed by atoms with Crippen molar-refractivity contribution in [2.45, 2.75) is 104 Å². The van der Waals surface area contributed by atoms with Crippen molar-refractivity contribution in [1.82, 2.24) is 0 Å². The molecular weight excluding hydrogens is 304 g/mol. The smallest absolute Gasteiger partial charge is 0.310 e. The number of rotatable bonds is 16. The largest absolute Gasteiger partial charge is 0.481 e. The summed E-state index contributed by atoms with van der Waals surface area (Å²) in [5.41, 5.74) is -0.952. The summed E-state index contributed by atoms with van der Waals surface area (Å²) < 4.78 is 5.28. The second kappa shape index (κ2) is 14.3. The zero-order valence-corrected chi connectivity index (χ0v) is 16.1. The molecule has 142 valence electrons. The molecule has 0 rings (SSSR count). The Labute approximate surface area is 148 Å². The summed E-state index contributed by atoms with van der Waals surface area (Å²) in [5, 5.41) is 9.61. The van der Waals surface area contributed by atoms with Crippen LogP contribution in [0.5, 0.6) is 0 Å². The van der Waals surface area contributed by atoms with Crippen LogP contribution in [0.1, 0.15) is 104 Å². The number of carboxylic acid groups (broad SMARTS) is 1. The van der Waals surface area contributed by atoms with Crippen molar-refractivity contribution in [3.63, 3.8) is 0 Å². The van der Waals surface area contributed by atoms with Crippen molar-refractivity contribution >= 4 is 11.9 Å². The molecule has 0 aliphatic carbocycles. The fraction of sp³-hybridized carbons (Fsp3) is 0.900. The molecule has 0 fully saturated rings. The zero-order chi connectivity index (χ0) is 18.3. The van der Waals surface area contributed by atoms with Crippen LogP contribution in [0.3, 0.4) is 0 Å². The predicted octanol–water partition coefficient (Wildman–Crippen LogP) is 5.73. The normalized spacial score (nSPS) is 13.5. The standard InChI is InChI=1S/C20H38O4/c1-4-7-9-11-12-14-16-24-18(21)17-20(6-3,19(22)23)15-13-10-8-5-2/h4-17H2,1-3H3,(H,22,23). The van der Waals surface area contributed by atoms with Gasteiger partial charge in [0.1, 0.15) is 0 Å². The van der Waals surface area contributed by atoms with E-state index >= 15 is 0 Å². The Hall–Kier alpha value is -1.06. The summed E-state index contributed by atoms with van der Waals surface area (Å²) in [6.45, 7) is 6.59. The van der Waals surface area contributed by atoms with Gasteiger partial charge in [0.25, 0.3) is 0 Å². The molecule has 0 heterocycles. The van der Waals surface area contributed by atoms with Gasteiger partial charge in [0.05, 0.1) is 18.4 Å². The van der Waals surface area contributed by atoms with Gasteiger partial charge in [-0.05, 0) is 19.3 Å². The average molecular weight is 343 g/mol. The molecule has 1 N–H and O–H groups in total. The molecule has 0 aromatic rings. The van der Waals surface area contributed by atoms with E-state index in [4.69, 9.17) is 4.74 Å². The third kappa shape index (κ3) is 9.94. The SMILES string of the molecule is CCCCCCCCOC(=O)CC(CC)(CCCCCC)C(=O)O. The molecule has 1 unspecified atom stereocenters. The van der Waals surface area contributed by atoms with Crippen LogP contribution in [0.2, 0.25) is 0 Å². The first-order valence-corrected chi connectivity index (χ1v) is 9.91. The van der Waals surface area contributed by atoms with Gasteiger partial charge >= 0.3 is 11.9 Å². The third-order valence-electron chi connectivity index (χ3n) is 4.88. The van der Waals surface area contributed by atoms with Crippen LogP contribution in [-0.4, -0.2) is 23.7 Å². The second-order valence-electron chi connectivity index (χ2n) is 6.91. The molecule has 0 aromatic heterocycles. The molecule has 0 aliphatic heterocycles. The molecule has 4 heteroatoms. The molecule has 0 radical (unpaired) electrons. The van der Waals surface area contributed by atoms with Gasteiger partial charge in [0.15, 0.2) is 0 Å². The van der Waals surface area contributed by atoms with Gasteiger partial charge in [0.2, 0.25) is 0 Å². The minimum atomic E-state index is -0.952. The van der Waals surface area contributed by atoms with E-state index < -0.39 is 11.4 Å². The van der Waals surface area contributed by atoms with E-state index in [9.17, 15) is 14.7 Å². The van der Waals surface area contributed by atoms with Crippen molar-refractivity contribution in [1.29, 1.82) is 0 Å². The van der Waals surface area contributed by atoms with Crippen LogP contribution < -0.4 is 0 Å². The Balaban J connectivity index is 4.17. The first kappa shape index (κ1) is 22.9. The van der Waals surface area contributed by atoms with Crippen molar-refractivity contribution < 1.29 is 19.4 Å². The molecule has 0 bridgehead atoms. The van der Waals surface area contributed by atoms with Crippen molar-refractivity contribution in [2.75, 3.05) is 6.61 Å². The molecular formula is C20H38O4. The highest BCUT2D eigenvalue weighted by atomic mass is 16.5. The van der Waals surface area contributed by atoms with Crippen molar-refractivity contribution in [3.05, 3.63) is 0 Å². The number of hydrogen-bond donors (Lipinski definition) is 1. The summed E-state index contributed by atoms with van der Waals surface area (Å²) in [5.74, 6) is -1.22. The number of carbonyl (C=O) groups is 2. The van der Waals surface area contributed by atoms with Crippen LogP contribution in [0.4, 0.5) is 0 Å². The lowest BCUT2D eigenvalue weighted by atomic mass is 9.77. The van der Waals surface area contributed by atoms with Crippen LogP contribution in [-0.2, 0) is 14.3 Å². The lowest BCUT2D eigenvalue weighted by Crippen LogP contribution is -2.33. The number of carbonyl (C=O) groups excluding carboxylic acids is 1. The fourth-order valence-electron chi connectivity index (χ4n) is 3.01. The van der Waals surface area contributed by atoms with Gasteiger partial charge in [-0.3, -0.25) is 9.59 Å². The molecule has 0 aliphatic rings. The van der Waals surface area contributed by atoms with Crippen molar-refractivity contribution in [2.24, 2.45) is 5.41 Å². The summed E-state index contributed by atoms with van der Waals surface area (Å²) >= 11 is 0. The number of hydrogen-bond acceptors (Lipinski definition) is 3. The van der Waals surface area contributed by atoms with Crippen LogP contribution >= 0.6 is 0 Å². The van der Waals surface area contributed by atoms with Gasteiger partial charge < -0.3 is 9.84 Å². The van der Waals surface area contributed by atoms with Gasteiger partial charge in [-0.2, -0.15) is 0 Å². The number of esters is 1. The van der Waals surface area contributed by atoms with E-state index in [2.05, 4.69) is 13.8 Å². The topological polar surface area (TPSA) is 63.6 Å². The highest BCUT2D eigenvalue weighted by Crippen LogP contribution is 2.34. The van der Waals surface area contributed by atoms with E-state index in [0.29, 0.717) is 19.4 Å². The molecule has 0 saturated heterocycles. The lowest BCUT2D eigenvalue weighted by molar-refractivity contribution is -0.159. The Morgan fingerprint density at radius 1 is 0.833 bits per heavy atom. The third-order valence-corrected chi connectivity index (χ3v) is 4.88. The van der Waals surface area contributed by atoms with E-state index in [1.54, 1.807) is 0 Å². The Kier molecular flexibility index (Phi) is 13.7.